The van der Waals surface area contributed by atoms with E-state index >= 15 is 0 Å². The van der Waals surface area contributed by atoms with Crippen LogP contribution in [0, 0.1) is 0 Å². The Balaban J connectivity index is 2.13. The fourth-order valence-electron chi connectivity index (χ4n) is 1.68. The number of hydrogen-bond donors (Lipinski definition) is 3. The minimum absolute atomic E-state index is 0.0932. The molecule has 1 aromatic rings. The third-order valence-corrected chi connectivity index (χ3v) is 2.52. The third kappa shape index (κ3) is 2.40. The molecule has 2 rings (SSSR count). The summed E-state index contributed by atoms with van der Waals surface area (Å²) in [5.74, 6) is 6.86. The van der Waals surface area contributed by atoms with Gasteiger partial charge in [-0.2, -0.15) is 0 Å². The lowest BCUT2D eigenvalue weighted by atomic mass is 10.3. The van der Waals surface area contributed by atoms with E-state index in [2.05, 4.69) is 20.6 Å². The first-order chi connectivity index (χ1) is 7.79. The van der Waals surface area contributed by atoms with Crippen LogP contribution in [0.1, 0.15) is 6.42 Å². The Morgan fingerprint density at radius 1 is 1.44 bits per heavy atom. The van der Waals surface area contributed by atoms with Crippen molar-refractivity contribution in [3.05, 3.63) is 18.2 Å². The SMILES string of the molecule is NNc1cccc(N2CCNC(=O)CC2)n1. The van der Waals surface area contributed by atoms with Gasteiger partial charge >= 0.3 is 0 Å². The molecule has 4 N–H and O–H groups in total. The Hall–Kier alpha value is -1.82. The average molecular weight is 221 g/mol. The Bertz CT molecular complexity index is 381. The number of carbonyl (C=O) groups excluding carboxylic acids is 1. The van der Waals surface area contributed by atoms with Gasteiger partial charge in [0, 0.05) is 26.1 Å². The normalized spacial score (nSPS) is 16.6. The summed E-state index contributed by atoms with van der Waals surface area (Å²) in [6, 6.07) is 5.60. The second kappa shape index (κ2) is 4.80. The Labute approximate surface area is 93.8 Å². The number of pyridine rings is 1. The number of nitrogens with two attached hydrogens (primary N) is 1. The summed E-state index contributed by atoms with van der Waals surface area (Å²) in [5.41, 5.74) is 2.51. The van der Waals surface area contributed by atoms with E-state index in [0.717, 1.165) is 12.4 Å². The van der Waals surface area contributed by atoms with Gasteiger partial charge < -0.3 is 15.6 Å². The maximum absolute atomic E-state index is 11.2. The molecule has 86 valence electrons. The molecule has 0 unspecified atom stereocenters. The number of carbonyl (C=O) groups is 1. The van der Waals surface area contributed by atoms with Crippen molar-refractivity contribution in [3.8, 4) is 0 Å². The Morgan fingerprint density at radius 3 is 3.12 bits per heavy atom. The Kier molecular flexibility index (Phi) is 3.21. The highest BCUT2D eigenvalue weighted by molar-refractivity contribution is 5.77. The van der Waals surface area contributed by atoms with E-state index in [0.29, 0.717) is 25.3 Å². The van der Waals surface area contributed by atoms with E-state index in [1.165, 1.54) is 0 Å². The van der Waals surface area contributed by atoms with Gasteiger partial charge in [-0.25, -0.2) is 10.8 Å². The second-order valence-corrected chi connectivity index (χ2v) is 3.61. The molecular weight excluding hydrogens is 206 g/mol. The number of aromatic nitrogens is 1. The monoisotopic (exact) mass is 221 g/mol. The van der Waals surface area contributed by atoms with E-state index in [-0.39, 0.29) is 5.91 Å². The van der Waals surface area contributed by atoms with E-state index in [1.807, 2.05) is 12.1 Å². The van der Waals surface area contributed by atoms with Crippen LogP contribution >= 0.6 is 0 Å². The summed E-state index contributed by atoms with van der Waals surface area (Å²) in [7, 11) is 0. The molecule has 1 fully saturated rings. The molecule has 2 heterocycles. The molecule has 0 aliphatic carbocycles. The molecule has 0 aromatic carbocycles. The summed E-state index contributed by atoms with van der Waals surface area (Å²) in [4.78, 5) is 17.6. The van der Waals surface area contributed by atoms with E-state index in [4.69, 9.17) is 5.84 Å². The summed E-state index contributed by atoms with van der Waals surface area (Å²) in [6.07, 6.45) is 0.502. The highest BCUT2D eigenvalue weighted by atomic mass is 16.1. The zero-order valence-electron chi connectivity index (χ0n) is 8.94. The summed E-state index contributed by atoms with van der Waals surface area (Å²) < 4.78 is 0. The van der Waals surface area contributed by atoms with Crippen molar-refractivity contribution in [3.63, 3.8) is 0 Å². The van der Waals surface area contributed by atoms with Gasteiger partial charge in [0.25, 0.3) is 0 Å². The van der Waals surface area contributed by atoms with Crippen LogP contribution in [0.15, 0.2) is 18.2 Å². The number of hydrogen-bond acceptors (Lipinski definition) is 5. The highest BCUT2D eigenvalue weighted by Gasteiger charge is 2.14. The van der Waals surface area contributed by atoms with E-state index < -0.39 is 0 Å². The molecule has 16 heavy (non-hydrogen) atoms. The first-order valence-electron chi connectivity index (χ1n) is 5.25. The molecule has 1 saturated heterocycles. The van der Waals surface area contributed by atoms with Gasteiger partial charge in [-0.3, -0.25) is 4.79 Å². The van der Waals surface area contributed by atoms with E-state index in [9.17, 15) is 4.79 Å². The third-order valence-electron chi connectivity index (χ3n) is 2.52. The highest BCUT2D eigenvalue weighted by Crippen LogP contribution is 2.14. The molecule has 1 aromatic heterocycles. The lowest BCUT2D eigenvalue weighted by Crippen LogP contribution is -2.29. The van der Waals surface area contributed by atoms with Crippen LogP contribution in [0.4, 0.5) is 11.6 Å². The largest absolute Gasteiger partial charge is 0.354 e. The lowest BCUT2D eigenvalue weighted by molar-refractivity contribution is -0.120. The van der Waals surface area contributed by atoms with Crippen LogP contribution in [-0.2, 0) is 4.79 Å². The van der Waals surface area contributed by atoms with Crippen molar-refractivity contribution in [2.75, 3.05) is 30.0 Å². The summed E-state index contributed by atoms with van der Waals surface area (Å²) in [6.45, 7) is 2.11. The van der Waals surface area contributed by atoms with Crippen molar-refractivity contribution in [1.29, 1.82) is 0 Å². The van der Waals surface area contributed by atoms with Crippen LogP contribution < -0.4 is 21.5 Å². The zero-order valence-corrected chi connectivity index (χ0v) is 8.94. The number of nitrogen functional groups attached to an aromatic ring is 1. The molecular formula is C10H15N5O. The van der Waals surface area contributed by atoms with Crippen LogP contribution in [0.3, 0.4) is 0 Å². The van der Waals surface area contributed by atoms with Crippen molar-refractivity contribution in [1.82, 2.24) is 10.3 Å². The lowest BCUT2D eigenvalue weighted by Gasteiger charge is -2.20. The van der Waals surface area contributed by atoms with Gasteiger partial charge in [0.2, 0.25) is 5.91 Å². The fourth-order valence-corrected chi connectivity index (χ4v) is 1.68. The number of amides is 1. The van der Waals surface area contributed by atoms with Crippen LogP contribution in [0.2, 0.25) is 0 Å². The number of nitrogens with one attached hydrogen (secondary N) is 2. The summed E-state index contributed by atoms with van der Waals surface area (Å²) >= 11 is 0. The van der Waals surface area contributed by atoms with Gasteiger partial charge in [-0.1, -0.05) is 6.07 Å². The number of rotatable bonds is 2. The number of nitrogens with zero attached hydrogens (tertiary/aromatic N) is 2. The van der Waals surface area contributed by atoms with Crippen molar-refractivity contribution >= 4 is 17.5 Å². The average Bonchev–Trinajstić information content (AvgIpc) is 2.54. The topological polar surface area (TPSA) is 83.3 Å². The molecule has 6 heteroatoms. The smallest absolute Gasteiger partial charge is 0.221 e. The van der Waals surface area contributed by atoms with Crippen molar-refractivity contribution in [2.45, 2.75) is 6.42 Å². The summed E-state index contributed by atoms with van der Waals surface area (Å²) in [5, 5.41) is 2.82. The quantitative estimate of drug-likeness (QED) is 0.471. The molecule has 1 aliphatic heterocycles. The molecule has 6 nitrogen and oxygen atoms in total. The van der Waals surface area contributed by atoms with Gasteiger partial charge in [0.15, 0.2) is 0 Å². The van der Waals surface area contributed by atoms with Gasteiger partial charge in [-0.05, 0) is 12.1 Å². The first-order valence-corrected chi connectivity index (χ1v) is 5.25. The van der Waals surface area contributed by atoms with Gasteiger partial charge in [0.1, 0.15) is 11.6 Å². The molecule has 1 amide bonds. The molecule has 1 aliphatic rings. The van der Waals surface area contributed by atoms with Crippen LogP contribution in [0.5, 0.6) is 0 Å². The predicted octanol–water partition coefficient (Wildman–Crippen LogP) is -0.306. The maximum atomic E-state index is 11.2. The molecule has 0 radical (unpaired) electrons. The van der Waals surface area contributed by atoms with E-state index in [1.54, 1.807) is 6.07 Å². The van der Waals surface area contributed by atoms with Crippen molar-refractivity contribution in [2.24, 2.45) is 5.84 Å². The molecule has 0 spiro atoms. The Morgan fingerprint density at radius 2 is 2.31 bits per heavy atom. The molecule has 0 atom stereocenters. The van der Waals surface area contributed by atoms with Gasteiger partial charge in [0.05, 0.1) is 0 Å². The molecule has 0 bridgehead atoms. The number of hydrazine groups is 1. The zero-order chi connectivity index (χ0) is 11.4. The van der Waals surface area contributed by atoms with Crippen LogP contribution in [-0.4, -0.2) is 30.5 Å². The van der Waals surface area contributed by atoms with Crippen molar-refractivity contribution < 1.29 is 4.79 Å². The first kappa shape index (κ1) is 10.7. The fraction of sp³-hybridized carbons (Fsp3) is 0.400. The predicted molar refractivity (Wildman–Crippen MR) is 61.9 cm³/mol. The minimum atomic E-state index is 0.0932. The second-order valence-electron chi connectivity index (χ2n) is 3.61. The number of anilines is 2. The van der Waals surface area contributed by atoms with Crippen LogP contribution in [0.25, 0.3) is 0 Å². The maximum Gasteiger partial charge on any atom is 0.221 e. The standard InChI is InChI=1S/C10H15N5O/c11-14-8-2-1-3-9(13-8)15-6-4-10(16)12-5-7-15/h1-3H,4-7,11H2,(H,12,16)(H,13,14). The minimum Gasteiger partial charge on any atom is -0.354 e. The van der Waals surface area contributed by atoms with Gasteiger partial charge in [-0.15, -0.1) is 0 Å². The molecule has 0 saturated carbocycles.